The molecule has 0 radical (unpaired) electrons. The molecular weight excluding hydrogens is 343 g/mol. The normalized spacial score (nSPS) is 13.3. The summed E-state index contributed by atoms with van der Waals surface area (Å²) < 4.78 is 15.2. The first-order chi connectivity index (χ1) is 12.0. The highest BCUT2D eigenvalue weighted by Crippen LogP contribution is 2.34. The number of aryl methyl sites for hydroxylation is 2. The molecule has 0 spiro atoms. The van der Waals surface area contributed by atoms with Crippen LogP contribution in [0.5, 0.6) is 0 Å². The quantitative estimate of drug-likeness (QED) is 0.778. The highest BCUT2D eigenvalue weighted by atomic mass is 32.1. The Kier molecular flexibility index (Phi) is 3.88. The van der Waals surface area contributed by atoms with Crippen LogP contribution in [0.15, 0.2) is 29.1 Å². The average Bonchev–Trinajstić information content (AvgIpc) is 3.13. The predicted octanol–water partition coefficient (Wildman–Crippen LogP) is 2.76. The summed E-state index contributed by atoms with van der Waals surface area (Å²) in [5, 5.41) is 9.73. The van der Waals surface area contributed by atoms with Crippen LogP contribution in [-0.4, -0.2) is 20.6 Å². The van der Waals surface area contributed by atoms with Gasteiger partial charge in [-0.25, -0.2) is 9.37 Å². The van der Waals surface area contributed by atoms with Gasteiger partial charge < -0.3 is 5.11 Å². The zero-order valence-corrected chi connectivity index (χ0v) is 14.1. The molecule has 1 N–H and O–H groups in total. The molecule has 3 aromatic rings. The third kappa shape index (κ3) is 2.74. The second kappa shape index (κ2) is 6.07. The molecule has 5 nitrogen and oxygen atoms in total. The summed E-state index contributed by atoms with van der Waals surface area (Å²) >= 11 is 1.49. The van der Waals surface area contributed by atoms with Gasteiger partial charge >= 0.3 is 5.97 Å². The first-order valence-electron chi connectivity index (χ1n) is 8.03. The predicted molar refractivity (Wildman–Crippen MR) is 92.7 cm³/mol. The fourth-order valence-electron chi connectivity index (χ4n) is 3.36. The van der Waals surface area contributed by atoms with Gasteiger partial charge in [0.2, 0.25) is 0 Å². The van der Waals surface area contributed by atoms with Crippen molar-refractivity contribution < 1.29 is 14.3 Å². The van der Waals surface area contributed by atoms with Crippen molar-refractivity contribution in [2.45, 2.75) is 32.2 Å². The molecule has 2 heterocycles. The summed E-state index contributed by atoms with van der Waals surface area (Å²) in [5.74, 6) is -1.23. The summed E-state index contributed by atoms with van der Waals surface area (Å²) in [5.41, 5.74) is 1.06. The molecule has 1 aliphatic rings. The van der Waals surface area contributed by atoms with Gasteiger partial charge in [0.1, 0.15) is 23.0 Å². The molecule has 0 saturated carbocycles. The van der Waals surface area contributed by atoms with E-state index in [2.05, 4.69) is 4.98 Å². The first-order valence-corrected chi connectivity index (χ1v) is 8.85. The van der Waals surface area contributed by atoms with E-state index < -0.39 is 18.3 Å². The number of aromatic nitrogens is 2. The Morgan fingerprint density at radius 1 is 1.32 bits per heavy atom. The number of carboxylic acid groups (broad SMARTS) is 1. The van der Waals surface area contributed by atoms with E-state index in [1.807, 2.05) is 0 Å². The zero-order chi connectivity index (χ0) is 17.6. The molecule has 0 aliphatic heterocycles. The molecule has 0 amide bonds. The van der Waals surface area contributed by atoms with Gasteiger partial charge in [0.05, 0.1) is 5.39 Å². The van der Waals surface area contributed by atoms with Crippen LogP contribution in [0, 0.1) is 5.82 Å². The third-order valence-corrected chi connectivity index (χ3v) is 5.69. The molecule has 4 rings (SSSR count). The Bertz CT molecular complexity index is 1050. The summed E-state index contributed by atoms with van der Waals surface area (Å²) in [6.07, 6.45) is 2.84. The van der Waals surface area contributed by atoms with E-state index in [0.717, 1.165) is 29.7 Å². The minimum Gasteiger partial charge on any atom is -0.480 e. The lowest BCUT2D eigenvalue weighted by Crippen LogP contribution is -2.29. The lowest BCUT2D eigenvalue weighted by atomic mass is 10.1. The van der Waals surface area contributed by atoms with E-state index in [1.165, 1.54) is 22.0 Å². The number of rotatable bonds is 4. The molecule has 0 atom stereocenters. The number of nitrogens with zero attached hydrogens (tertiary/aromatic N) is 2. The molecule has 7 heteroatoms. The number of hydrogen-bond acceptors (Lipinski definition) is 4. The molecule has 0 bridgehead atoms. The van der Waals surface area contributed by atoms with Crippen LogP contribution >= 0.6 is 11.3 Å². The lowest BCUT2D eigenvalue weighted by Gasteiger charge is -2.11. The van der Waals surface area contributed by atoms with E-state index in [0.29, 0.717) is 15.8 Å². The van der Waals surface area contributed by atoms with Crippen molar-refractivity contribution in [3.8, 4) is 0 Å². The fraction of sp³-hybridized carbons (Fsp3) is 0.278. The topological polar surface area (TPSA) is 72.2 Å². The van der Waals surface area contributed by atoms with Crippen molar-refractivity contribution in [2.75, 3.05) is 0 Å². The van der Waals surface area contributed by atoms with Crippen molar-refractivity contribution >= 4 is 27.5 Å². The minimum absolute atomic E-state index is 0.0771. The summed E-state index contributed by atoms with van der Waals surface area (Å²) in [6, 6.07) is 6.25. The van der Waals surface area contributed by atoms with Gasteiger partial charge in [0, 0.05) is 11.3 Å². The van der Waals surface area contributed by atoms with Crippen molar-refractivity contribution in [1.82, 2.24) is 9.55 Å². The zero-order valence-electron chi connectivity index (χ0n) is 13.3. The standard InChI is InChI=1S/C18H15FN2O3S/c19-12-6-2-1-4-10(12)8-14-20-17-16(11-5-3-7-13(11)25-17)18(24)21(14)9-15(22)23/h1-2,4,6H,3,5,7-9H2,(H,22,23). The van der Waals surface area contributed by atoms with Gasteiger partial charge in [0.15, 0.2) is 0 Å². The average molecular weight is 358 g/mol. The fourth-order valence-corrected chi connectivity index (χ4v) is 4.64. The Morgan fingerprint density at radius 2 is 2.12 bits per heavy atom. The maximum absolute atomic E-state index is 14.0. The molecule has 1 aliphatic carbocycles. The molecule has 0 unspecified atom stereocenters. The number of hydrogen-bond donors (Lipinski definition) is 1. The summed E-state index contributed by atoms with van der Waals surface area (Å²) in [4.78, 5) is 30.5. The largest absolute Gasteiger partial charge is 0.480 e. The highest BCUT2D eigenvalue weighted by Gasteiger charge is 2.24. The van der Waals surface area contributed by atoms with Gasteiger partial charge in [-0.3, -0.25) is 14.2 Å². The van der Waals surface area contributed by atoms with E-state index in [9.17, 15) is 19.1 Å². The van der Waals surface area contributed by atoms with Gasteiger partial charge in [-0.15, -0.1) is 11.3 Å². The van der Waals surface area contributed by atoms with Gasteiger partial charge in [-0.1, -0.05) is 18.2 Å². The molecular formula is C18H15FN2O3S. The highest BCUT2D eigenvalue weighted by molar-refractivity contribution is 7.18. The maximum Gasteiger partial charge on any atom is 0.323 e. The second-order valence-corrected chi connectivity index (χ2v) is 7.20. The van der Waals surface area contributed by atoms with Crippen LogP contribution < -0.4 is 5.56 Å². The Morgan fingerprint density at radius 3 is 2.88 bits per heavy atom. The Hall–Kier alpha value is -2.54. The minimum atomic E-state index is -1.12. The van der Waals surface area contributed by atoms with Crippen LogP contribution in [0.25, 0.3) is 10.2 Å². The van der Waals surface area contributed by atoms with Crippen LogP contribution in [0.2, 0.25) is 0 Å². The van der Waals surface area contributed by atoms with E-state index in [1.54, 1.807) is 18.2 Å². The monoisotopic (exact) mass is 358 g/mol. The molecule has 0 saturated heterocycles. The number of fused-ring (bicyclic) bond motifs is 3. The molecule has 25 heavy (non-hydrogen) atoms. The smallest absolute Gasteiger partial charge is 0.323 e. The van der Waals surface area contributed by atoms with Crippen molar-refractivity contribution in [3.63, 3.8) is 0 Å². The molecule has 0 fully saturated rings. The van der Waals surface area contributed by atoms with Gasteiger partial charge in [-0.2, -0.15) is 0 Å². The van der Waals surface area contributed by atoms with Crippen LogP contribution in [-0.2, 0) is 30.6 Å². The Balaban J connectivity index is 1.92. The number of carboxylic acids is 1. The number of aliphatic carboxylic acids is 1. The van der Waals surface area contributed by atoms with Crippen molar-refractivity contribution in [2.24, 2.45) is 0 Å². The van der Waals surface area contributed by atoms with Crippen molar-refractivity contribution in [3.05, 3.63) is 62.3 Å². The van der Waals surface area contributed by atoms with Gasteiger partial charge in [-0.05, 0) is 36.5 Å². The number of benzene rings is 1. The summed E-state index contributed by atoms with van der Waals surface area (Å²) in [7, 11) is 0. The Labute approximate surface area is 146 Å². The number of carbonyl (C=O) groups is 1. The molecule has 1 aromatic carbocycles. The second-order valence-electron chi connectivity index (χ2n) is 6.12. The van der Waals surface area contributed by atoms with E-state index in [4.69, 9.17) is 0 Å². The summed E-state index contributed by atoms with van der Waals surface area (Å²) in [6.45, 7) is -0.476. The molecule has 128 valence electrons. The van der Waals surface area contributed by atoms with Crippen molar-refractivity contribution in [1.29, 1.82) is 0 Å². The van der Waals surface area contributed by atoms with Crippen LogP contribution in [0.1, 0.15) is 28.2 Å². The van der Waals surface area contributed by atoms with E-state index >= 15 is 0 Å². The van der Waals surface area contributed by atoms with E-state index in [-0.39, 0.29) is 17.8 Å². The first kappa shape index (κ1) is 16.0. The van der Waals surface area contributed by atoms with Crippen LogP contribution in [0.4, 0.5) is 4.39 Å². The number of thiophene rings is 1. The van der Waals surface area contributed by atoms with Gasteiger partial charge in [0.25, 0.3) is 5.56 Å². The number of halogens is 1. The lowest BCUT2D eigenvalue weighted by molar-refractivity contribution is -0.137. The third-order valence-electron chi connectivity index (χ3n) is 4.50. The maximum atomic E-state index is 14.0. The van der Waals surface area contributed by atoms with Crippen LogP contribution in [0.3, 0.4) is 0 Å². The SMILES string of the molecule is O=C(O)Cn1c(Cc2ccccc2F)nc2sc3c(c2c1=O)CCC3. The molecule has 2 aromatic heterocycles.